The number of amides is 1. The summed E-state index contributed by atoms with van der Waals surface area (Å²) in [6, 6.07) is 13.2. The van der Waals surface area contributed by atoms with Crippen LogP contribution in [0.1, 0.15) is 19.4 Å². The summed E-state index contributed by atoms with van der Waals surface area (Å²) in [7, 11) is -3.81. The molecular weight excluding hydrogens is 402 g/mol. The number of ether oxygens (including phenoxy) is 1. The van der Waals surface area contributed by atoms with Crippen LogP contribution in [0.2, 0.25) is 0 Å². The molecule has 2 aromatic rings. The molecule has 0 unspecified atom stereocenters. The lowest BCUT2D eigenvalue weighted by atomic mass is 10.0. The number of sulfonamides is 1. The second-order valence-corrected chi connectivity index (χ2v) is 9.51. The van der Waals surface area contributed by atoms with Crippen LogP contribution in [0.5, 0.6) is 0 Å². The van der Waals surface area contributed by atoms with E-state index in [-0.39, 0.29) is 16.7 Å². The predicted molar refractivity (Wildman–Crippen MR) is 118 cm³/mol. The van der Waals surface area contributed by atoms with Crippen LogP contribution in [0, 0.1) is 12.8 Å². The molecule has 0 saturated carbocycles. The maximum Gasteiger partial charge on any atom is 0.242 e. The largest absolute Gasteiger partial charge is 0.378 e. The highest BCUT2D eigenvalue weighted by Gasteiger charge is 2.28. The second-order valence-electron chi connectivity index (χ2n) is 7.79. The average Bonchev–Trinajstić information content (AvgIpc) is 2.73. The minimum Gasteiger partial charge on any atom is -0.378 e. The third kappa shape index (κ3) is 5.59. The fraction of sp³-hybridized carbons (Fsp3) is 0.409. The molecule has 0 bridgehead atoms. The number of nitrogens with zero attached hydrogens (tertiary/aromatic N) is 1. The van der Waals surface area contributed by atoms with Gasteiger partial charge in [0.2, 0.25) is 15.9 Å². The van der Waals surface area contributed by atoms with Crippen LogP contribution >= 0.6 is 0 Å². The van der Waals surface area contributed by atoms with Crippen molar-refractivity contribution in [1.29, 1.82) is 0 Å². The van der Waals surface area contributed by atoms with Gasteiger partial charge in [0.1, 0.15) is 6.04 Å². The van der Waals surface area contributed by atoms with Crippen molar-refractivity contribution in [3.05, 3.63) is 54.1 Å². The summed E-state index contributed by atoms with van der Waals surface area (Å²) in [5, 5.41) is 2.83. The number of nitrogens with one attached hydrogen (secondary N) is 2. The smallest absolute Gasteiger partial charge is 0.242 e. The van der Waals surface area contributed by atoms with E-state index in [0.717, 1.165) is 24.3 Å². The molecule has 2 N–H and O–H groups in total. The molecule has 1 aliphatic rings. The fourth-order valence-corrected chi connectivity index (χ4v) is 4.59. The van der Waals surface area contributed by atoms with Crippen molar-refractivity contribution in [3.63, 3.8) is 0 Å². The van der Waals surface area contributed by atoms with Crippen molar-refractivity contribution in [2.75, 3.05) is 36.5 Å². The van der Waals surface area contributed by atoms with Gasteiger partial charge in [0.25, 0.3) is 0 Å². The Bertz CT molecular complexity index is 951. The normalized spacial score (nSPS) is 15.8. The van der Waals surface area contributed by atoms with Gasteiger partial charge in [0.05, 0.1) is 18.1 Å². The van der Waals surface area contributed by atoms with Crippen LogP contribution in [-0.2, 0) is 19.6 Å². The van der Waals surface area contributed by atoms with Crippen molar-refractivity contribution >= 4 is 27.3 Å². The lowest BCUT2D eigenvalue weighted by molar-refractivity contribution is -0.118. The van der Waals surface area contributed by atoms with Crippen LogP contribution in [0.25, 0.3) is 0 Å². The van der Waals surface area contributed by atoms with Gasteiger partial charge in [0.15, 0.2) is 0 Å². The fourth-order valence-electron chi connectivity index (χ4n) is 3.24. The highest BCUT2D eigenvalue weighted by Crippen LogP contribution is 2.20. The monoisotopic (exact) mass is 431 g/mol. The summed E-state index contributed by atoms with van der Waals surface area (Å²) < 4.78 is 33.4. The maximum absolute atomic E-state index is 12.8. The molecule has 1 amide bonds. The lowest BCUT2D eigenvalue weighted by Crippen LogP contribution is -2.47. The first-order chi connectivity index (χ1) is 14.3. The molecule has 1 atom stereocenters. The summed E-state index contributed by atoms with van der Waals surface area (Å²) in [5.41, 5.74) is 2.65. The molecule has 0 aliphatic carbocycles. The summed E-state index contributed by atoms with van der Waals surface area (Å²) in [6.07, 6.45) is 0. The van der Waals surface area contributed by atoms with Gasteiger partial charge in [-0.1, -0.05) is 31.5 Å². The molecular formula is C22H29N3O4S. The first-order valence-electron chi connectivity index (χ1n) is 10.1. The van der Waals surface area contributed by atoms with Gasteiger partial charge in [0, 0.05) is 24.5 Å². The molecule has 162 valence electrons. The number of benzene rings is 2. The number of anilines is 2. The molecule has 7 nitrogen and oxygen atoms in total. The highest BCUT2D eigenvalue weighted by molar-refractivity contribution is 7.89. The van der Waals surface area contributed by atoms with E-state index >= 15 is 0 Å². The second kappa shape index (κ2) is 9.59. The molecule has 3 rings (SSSR count). The van der Waals surface area contributed by atoms with Crippen LogP contribution in [0.3, 0.4) is 0 Å². The van der Waals surface area contributed by atoms with E-state index in [1.54, 1.807) is 12.1 Å². The highest BCUT2D eigenvalue weighted by atomic mass is 32.2. The third-order valence-corrected chi connectivity index (χ3v) is 6.53. The van der Waals surface area contributed by atoms with E-state index < -0.39 is 16.1 Å². The molecule has 0 aromatic heterocycles. The van der Waals surface area contributed by atoms with Crippen molar-refractivity contribution < 1.29 is 17.9 Å². The maximum atomic E-state index is 12.8. The number of aryl methyl sites for hydroxylation is 1. The Morgan fingerprint density at radius 2 is 1.60 bits per heavy atom. The van der Waals surface area contributed by atoms with Crippen molar-refractivity contribution in [2.45, 2.75) is 31.7 Å². The minimum absolute atomic E-state index is 0.140. The Kier molecular flexibility index (Phi) is 7.12. The summed E-state index contributed by atoms with van der Waals surface area (Å²) in [6.45, 7) is 8.58. The van der Waals surface area contributed by atoms with Gasteiger partial charge in [-0.2, -0.15) is 4.72 Å². The van der Waals surface area contributed by atoms with Crippen LogP contribution in [0.15, 0.2) is 53.4 Å². The molecule has 1 heterocycles. The molecule has 0 spiro atoms. The number of carbonyl (C=O) groups excluding carboxylic acids is 1. The van der Waals surface area contributed by atoms with Crippen LogP contribution < -0.4 is 14.9 Å². The van der Waals surface area contributed by atoms with E-state index in [4.69, 9.17) is 4.74 Å². The number of carbonyl (C=O) groups is 1. The molecule has 2 aromatic carbocycles. The first-order valence-corrected chi connectivity index (χ1v) is 11.6. The number of morpholine rings is 1. The first kappa shape index (κ1) is 22.3. The summed E-state index contributed by atoms with van der Waals surface area (Å²) in [4.78, 5) is 15.2. The van der Waals surface area contributed by atoms with Gasteiger partial charge < -0.3 is 15.0 Å². The van der Waals surface area contributed by atoms with E-state index in [1.165, 1.54) is 12.1 Å². The van der Waals surface area contributed by atoms with Crippen LogP contribution in [0.4, 0.5) is 11.4 Å². The van der Waals surface area contributed by atoms with Crippen molar-refractivity contribution in [3.8, 4) is 0 Å². The van der Waals surface area contributed by atoms with Gasteiger partial charge in [-0.25, -0.2) is 8.42 Å². The zero-order valence-corrected chi connectivity index (χ0v) is 18.4. The molecule has 1 saturated heterocycles. The van der Waals surface area contributed by atoms with Gasteiger partial charge >= 0.3 is 0 Å². The third-order valence-electron chi connectivity index (χ3n) is 5.07. The average molecular weight is 432 g/mol. The Morgan fingerprint density at radius 1 is 1.00 bits per heavy atom. The van der Waals surface area contributed by atoms with Gasteiger partial charge in [-0.3, -0.25) is 4.79 Å². The zero-order chi connectivity index (χ0) is 21.7. The Hall–Kier alpha value is -2.42. The van der Waals surface area contributed by atoms with E-state index in [2.05, 4.69) is 14.9 Å². The molecule has 30 heavy (non-hydrogen) atoms. The van der Waals surface area contributed by atoms with E-state index in [9.17, 15) is 13.2 Å². The number of hydrogen-bond donors (Lipinski definition) is 2. The van der Waals surface area contributed by atoms with Crippen molar-refractivity contribution in [1.82, 2.24) is 4.72 Å². The molecule has 0 radical (unpaired) electrons. The lowest BCUT2D eigenvalue weighted by Gasteiger charge is -2.29. The number of rotatable bonds is 7. The van der Waals surface area contributed by atoms with Gasteiger partial charge in [-0.05, 0) is 49.2 Å². The summed E-state index contributed by atoms with van der Waals surface area (Å²) in [5.74, 6) is -0.613. The summed E-state index contributed by atoms with van der Waals surface area (Å²) >= 11 is 0. The van der Waals surface area contributed by atoms with E-state index in [0.29, 0.717) is 18.9 Å². The SMILES string of the molecule is Cc1ccc(S(=O)(=O)N[C@H](C(=O)Nc2ccc(N3CCOCC3)cc2)C(C)C)cc1. The predicted octanol–water partition coefficient (Wildman–Crippen LogP) is 2.77. The zero-order valence-electron chi connectivity index (χ0n) is 17.6. The topological polar surface area (TPSA) is 87.7 Å². The minimum atomic E-state index is -3.81. The Morgan fingerprint density at radius 3 is 2.17 bits per heavy atom. The van der Waals surface area contributed by atoms with Gasteiger partial charge in [-0.15, -0.1) is 0 Å². The standard InChI is InChI=1S/C22H29N3O4S/c1-16(2)21(24-30(27,28)20-10-4-17(3)5-11-20)22(26)23-18-6-8-19(9-7-18)25-12-14-29-15-13-25/h4-11,16,21,24H,12-15H2,1-3H3,(H,23,26)/t21-/m0/s1. The van der Waals surface area contributed by atoms with Crippen molar-refractivity contribution in [2.24, 2.45) is 5.92 Å². The molecule has 1 aliphatic heterocycles. The number of hydrogen-bond acceptors (Lipinski definition) is 5. The quantitative estimate of drug-likeness (QED) is 0.704. The molecule has 8 heteroatoms. The Balaban J connectivity index is 1.68. The van der Waals surface area contributed by atoms with Crippen LogP contribution in [-0.4, -0.2) is 46.7 Å². The Labute approximate surface area is 178 Å². The molecule has 1 fully saturated rings. The van der Waals surface area contributed by atoms with E-state index in [1.807, 2.05) is 45.0 Å².